The molecule has 0 bridgehead atoms. The average Bonchev–Trinajstić information content (AvgIpc) is 2.79. The maximum atomic E-state index is 12.9. The summed E-state index contributed by atoms with van der Waals surface area (Å²) in [5.74, 6) is 0. The molecule has 1 fully saturated rings. The summed E-state index contributed by atoms with van der Waals surface area (Å²) in [4.78, 5) is 0. The van der Waals surface area contributed by atoms with Crippen LogP contribution in [0.4, 0.5) is 26.3 Å². The maximum Gasteiger partial charge on any atom is 0.417 e. The molecule has 0 amide bonds. The Morgan fingerprint density at radius 2 is 1.68 bits per heavy atom. The van der Waals surface area contributed by atoms with Crippen LogP contribution in [-0.4, -0.2) is 0 Å². The molecule has 1 aliphatic heterocycles. The van der Waals surface area contributed by atoms with Gasteiger partial charge in [0.2, 0.25) is 0 Å². The molecule has 0 saturated carbocycles. The minimum Gasteiger partial charge on any atom is -0.368 e. The predicted molar refractivity (Wildman–Crippen MR) is 53.8 cm³/mol. The summed E-state index contributed by atoms with van der Waals surface area (Å²) in [5, 5.41) is 0. The highest BCUT2D eigenvalue weighted by Gasteiger charge is 2.45. The largest absolute Gasteiger partial charge is 0.417 e. The number of rotatable bonds is 1. The summed E-state index contributed by atoms with van der Waals surface area (Å²) in [7, 11) is 0. The van der Waals surface area contributed by atoms with Gasteiger partial charge in [-0.25, -0.2) is 0 Å². The number of hydrogen-bond donors (Lipinski definition) is 0. The van der Waals surface area contributed by atoms with Crippen LogP contribution in [0.2, 0.25) is 0 Å². The van der Waals surface area contributed by atoms with Gasteiger partial charge in [0, 0.05) is 0 Å². The van der Waals surface area contributed by atoms with Crippen molar-refractivity contribution in [2.45, 2.75) is 31.3 Å². The number of hydrogen-bond acceptors (Lipinski definition) is 1. The molecule has 0 N–H and O–H groups in total. The highest BCUT2D eigenvalue weighted by molar-refractivity contribution is 5.41. The third kappa shape index (κ3) is 2.86. The van der Waals surface area contributed by atoms with Gasteiger partial charge >= 0.3 is 12.4 Å². The van der Waals surface area contributed by atoms with Gasteiger partial charge in [0.1, 0.15) is 0 Å². The fourth-order valence-electron chi connectivity index (χ4n) is 2.09. The number of halogens is 6. The Bertz CT molecular complexity index is 456. The molecule has 1 atom stereocenters. The zero-order valence-electron chi connectivity index (χ0n) is 9.48. The first-order valence-electron chi connectivity index (χ1n) is 5.45. The normalized spacial score (nSPS) is 20.8. The van der Waals surface area contributed by atoms with E-state index in [0.29, 0.717) is 12.5 Å². The lowest BCUT2D eigenvalue weighted by Gasteiger charge is -2.21. The Hall–Kier alpha value is -1.24. The van der Waals surface area contributed by atoms with Gasteiger partial charge in [0.05, 0.1) is 23.8 Å². The molecular weight excluding hydrogens is 274 g/mol. The third-order valence-electron chi connectivity index (χ3n) is 2.84. The van der Waals surface area contributed by atoms with Crippen molar-refractivity contribution in [2.24, 2.45) is 0 Å². The molecule has 1 radical (unpaired) electrons. The smallest absolute Gasteiger partial charge is 0.368 e. The van der Waals surface area contributed by atoms with Crippen LogP contribution < -0.4 is 0 Å². The highest BCUT2D eigenvalue weighted by Crippen LogP contribution is 2.45. The fourth-order valence-corrected chi connectivity index (χ4v) is 2.09. The lowest BCUT2D eigenvalue weighted by molar-refractivity contribution is -0.163. The van der Waals surface area contributed by atoms with Gasteiger partial charge in [-0.1, -0.05) is 12.1 Å². The van der Waals surface area contributed by atoms with Gasteiger partial charge < -0.3 is 4.74 Å². The molecular formula is C12H9F6O. The molecule has 1 aromatic carbocycles. The van der Waals surface area contributed by atoms with Crippen molar-refractivity contribution in [2.75, 3.05) is 0 Å². The molecule has 0 aliphatic carbocycles. The monoisotopic (exact) mass is 283 g/mol. The van der Waals surface area contributed by atoms with E-state index in [4.69, 9.17) is 4.74 Å². The molecule has 1 aliphatic rings. The first kappa shape index (κ1) is 14.2. The second-order valence-electron chi connectivity index (χ2n) is 4.13. The Labute approximate surface area is 105 Å². The van der Waals surface area contributed by atoms with Gasteiger partial charge in [-0.05, 0) is 24.5 Å². The summed E-state index contributed by atoms with van der Waals surface area (Å²) in [5.41, 5.74) is -3.79. The van der Waals surface area contributed by atoms with Crippen molar-refractivity contribution < 1.29 is 31.1 Å². The fraction of sp³-hybridized carbons (Fsp3) is 0.417. The Morgan fingerprint density at radius 3 is 2.16 bits per heavy atom. The maximum absolute atomic E-state index is 12.9. The first-order chi connectivity index (χ1) is 8.71. The second kappa shape index (κ2) is 4.70. The second-order valence-corrected chi connectivity index (χ2v) is 4.13. The van der Waals surface area contributed by atoms with Gasteiger partial charge in [-0.15, -0.1) is 0 Å². The molecule has 2 rings (SSSR count). The van der Waals surface area contributed by atoms with Crippen molar-refractivity contribution in [3.8, 4) is 0 Å². The Balaban J connectivity index is 2.60. The molecule has 1 aromatic rings. The van der Waals surface area contributed by atoms with E-state index in [-0.39, 0.29) is 6.42 Å². The van der Waals surface area contributed by atoms with Crippen LogP contribution in [-0.2, 0) is 17.1 Å². The van der Waals surface area contributed by atoms with E-state index in [1.54, 1.807) is 0 Å². The van der Waals surface area contributed by atoms with E-state index in [9.17, 15) is 26.3 Å². The van der Waals surface area contributed by atoms with Crippen molar-refractivity contribution >= 4 is 0 Å². The molecule has 105 valence electrons. The third-order valence-corrected chi connectivity index (χ3v) is 2.84. The van der Waals surface area contributed by atoms with Crippen LogP contribution in [0.25, 0.3) is 0 Å². The number of benzene rings is 1. The predicted octanol–water partition coefficient (Wildman–Crippen LogP) is 4.74. The quantitative estimate of drug-likeness (QED) is 0.676. The van der Waals surface area contributed by atoms with E-state index < -0.39 is 35.1 Å². The molecule has 1 unspecified atom stereocenters. The van der Waals surface area contributed by atoms with Gasteiger partial charge in [-0.2, -0.15) is 26.3 Å². The Morgan fingerprint density at radius 1 is 1.00 bits per heavy atom. The van der Waals surface area contributed by atoms with Crippen LogP contribution in [0.1, 0.15) is 35.6 Å². The molecule has 0 spiro atoms. The van der Waals surface area contributed by atoms with Crippen molar-refractivity contribution in [1.29, 1.82) is 0 Å². The topological polar surface area (TPSA) is 9.23 Å². The lowest BCUT2D eigenvalue weighted by Crippen LogP contribution is -2.20. The molecule has 1 heterocycles. The minimum absolute atomic E-state index is 0.240. The van der Waals surface area contributed by atoms with Crippen LogP contribution in [0.5, 0.6) is 0 Å². The van der Waals surface area contributed by atoms with Crippen LogP contribution in [0.15, 0.2) is 18.2 Å². The van der Waals surface area contributed by atoms with Gasteiger partial charge in [0.15, 0.2) is 0 Å². The highest BCUT2D eigenvalue weighted by atomic mass is 19.4. The Kier molecular flexibility index (Phi) is 3.51. The molecule has 1 nitrogen and oxygen atoms in total. The molecule has 1 saturated heterocycles. The standard InChI is InChI=1S/C12H9F6O/c13-11(14,15)8-4-1-3-7(9-5-2-6-19-9)10(8)12(16,17)18/h1,3-4,6,9H,2,5H2. The van der Waals surface area contributed by atoms with E-state index in [0.717, 1.165) is 12.1 Å². The summed E-state index contributed by atoms with van der Waals surface area (Å²) in [6.45, 7) is 1.31. The van der Waals surface area contributed by atoms with E-state index in [1.807, 2.05) is 0 Å². The summed E-state index contributed by atoms with van der Waals surface area (Å²) >= 11 is 0. The summed E-state index contributed by atoms with van der Waals surface area (Å²) < 4.78 is 81.8. The minimum atomic E-state index is -5.08. The van der Waals surface area contributed by atoms with Crippen molar-refractivity contribution in [3.05, 3.63) is 41.5 Å². The SMILES string of the molecule is FC(F)(F)c1cccc(C2CC[CH]O2)c1C(F)(F)F. The number of ether oxygens (including phenoxy) is 1. The lowest BCUT2D eigenvalue weighted by atomic mass is 9.95. The van der Waals surface area contributed by atoms with Crippen molar-refractivity contribution in [3.63, 3.8) is 0 Å². The van der Waals surface area contributed by atoms with E-state index in [2.05, 4.69) is 0 Å². The van der Waals surface area contributed by atoms with E-state index in [1.165, 1.54) is 6.61 Å². The molecule has 19 heavy (non-hydrogen) atoms. The zero-order chi connectivity index (χ0) is 14.3. The summed E-state index contributed by atoms with van der Waals surface area (Å²) in [6, 6.07) is 2.43. The van der Waals surface area contributed by atoms with Gasteiger partial charge in [-0.3, -0.25) is 0 Å². The zero-order valence-corrected chi connectivity index (χ0v) is 9.48. The van der Waals surface area contributed by atoms with E-state index >= 15 is 0 Å². The average molecular weight is 283 g/mol. The molecule has 7 heteroatoms. The van der Waals surface area contributed by atoms with Crippen LogP contribution >= 0.6 is 0 Å². The number of alkyl halides is 6. The van der Waals surface area contributed by atoms with Crippen LogP contribution in [0, 0.1) is 6.61 Å². The molecule has 0 aromatic heterocycles. The van der Waals surface area contributed by atoms with Crippen molar-refractivity contribution in [1.82, 2.24) is 0 Å². The first-order valence-corrected chi connectivity index (χ1v) is 5.45. The van der Waals surface area contributed by atoms with Gasteiger partial charge in [0.25, 0.3) is 0 Å². The summed E-state index contributed by atoms with van der Waals surface area (Å²) in [6.07, 6.45) is -10.4. The van der Waals surface area contributed by atoms with Crippen LogP contribution in [0.3, 0.4) is 0 Å².